The van der Waals surface area contributed by atoms with Crippen molar-refractivity contribution in [1.29, 1.82) is 5.26 Å². The van der Waals surface area contributed by atoms with Crippen molar-refractivity contribution in [3.8, 4) is 28.8 Å². The summed E-state index contributed by atoms with van der Waals surface area (Å²) in [5.41, 5.74) is -2.52. The number of alkyl halides is 3. The number of hydrogen-bond acceptors (Lipinski definition) is 5. The second kappa shape index (κ2) is 7.65. The Morgan fingerprint density at radius 3 is 2.34 bits per heavy atom. The Kier molecular flexibility index (Phi) is 5.41. The van der Waals surface area contributed by atoms with Crippen molar-refractivity contribution in [3.63, 3.8) is 0 Å². The number of nitriles is 1. The lowest BCUT2D eigenvalue weighted by molar-refractivity contribution is -0.141. The monoisotopic (exact) mass is 424 g/mol. The van der Waals surface area contributed by atoms with Gasteiger partial charge in [-0.05, 0) is 53.5 Å². The third kappa shape index (κ3) is 3.85. The van der Waals surface area contributed by atoms with Gasteiger partial charge in [0.25, 0.3) is 0 Å². The molecule has 1 atom stereocenters. The van der Waals surface area contributed by atoms with Crippen molar-refractivity contribution in [2.24, 2.45) is 0 Å². The molecule has 0 radical (unpaired) electrons. The molecule has 0 saturated heterocycles. The SMILES string of the molecule is COc1ccc(-c2c(C#N)c(C(F)(F)F)nn2-c2ccc(S(=O)[O-])cc2)cc1F. The van der Waals surface area contributed by atoms with Crippen molar-refractivity contribution in [2.75, 3.05) is 7.11 Å². The molecule has 2 aromatic carbocycles. The van der Waals surface area contributed by atoms with Crippen LogP contribution in [0.4, 0.5) is 17.6 Å². The van der Waals surface area contributed by atoms with Crippen LogP contribution in [0.25, 0.3) is 16.9 Å². The quantitative estimate of drug-likeness (QED) is 0.469. The fourth-order valence-corrected chi connectivity index (χ4v) is 3.05. The van der Waals surface area contributed by atoms with Gasteiger partial charge in [-0.15, -0.1) is 0 Å². The molecule has 6 nitrogen and oxygen atoms in total. The van der Waals surface area contributed by atoms with Gasteiger partial charge in [-0.3, -0.25) is 4.21 Å². The highest BCUT2D eigenvalue weighted by molar-refractivity contribution is 7.79. The van der Waals surface area contributed by atoms with Gasteiger partial charge in [0.05, 0.1) is 18.5 Å². The van der Waals surface area contributed by atoms with Crippen LogP contribution in [0.2, 0.25) is 0 Å². The maximum Gasteiger partial charge on any atom is 0.436 e. The van der Waals surface area contributed by atoms with Crippen LogP contribution < -0.4 is 4.74 Å². The summed E-state index contributed by atoms with van der Waals surface area (Å²) in [7, 11) is 1.23. The minimum absolute atomic E-state index is 0.0423. The minimum atomic E-state index is -4.94. The number of rotatable bonds is 4. The fourth-order valence-electron chi connectivity index (χ4n) is 2.69. The van der Waals surface area contributed by atoms with E-state index >= 15 is 0 Å². The van der Waals surface area contributed by atoms with E-state index in [1.165, 1.54) is 37.4 Å². The van der Waals surface area contributed by atoms with E-state index < -0.39 is 34.3 Å². The molecule has 0 N–H and O–H groups in total. The lowest BCUT2D eigenvalue weighted by Crippen LogP contribution is -2.08. The van der Waals surface area contributed by atoms with Crippen LogP contribution in [0.1, 0.15) is 11.3 Å². The van der Waals surface area contributed by atoms with E-state index in [1.54, 1.807) is 0 Å². The van der Waals surface area contributed by atoms with Gasteiger partial charge >= 0.3 is 6.18 Å². The van der Waals surface area contributed by atoms with Gasteiger partial charge in [-0.2, -0.15) is 23.5 Å². The van der Waals surface area contributed by atoms with E-state index in [-0.39, 0.29) is 27.6 Å². The average molecular weight is 424 g/mol. The third-order valence-corrected chi connectivity index (χ3v) is 4.62. The molecule has 0 bridgehead atoms. The lowest BCUT2D eigenvalue weighted by atomic mass is 10.1. The molecule has 3 rings (SSSR count). The molecule has 29 heavy (non-hydrogen) atoms. The number of halogens is 4. The van der Waals surface area contributed by atoms with Crippen molar-refractivity contribution >= 4 is 11.1 Å². The summed E-state index contributed by atoms with van der Waals surface area (Å²) >= 11 is -2.53. The highest BCUT2D eigenvalue weighted by Crippen LogP contribution is 2.38. The molecule has 1 unspecified atom stereocenters. The summed E-state index contributed by atoms with van der Waals surface area (Å²) in [5, 5.41) is 12.9. The largest absolute Gasteiger partial charge is 0.768 e. The maximum atomic E-state index is 14.2. The standard InChI is InChI=1S/C18H11F4N3O3S/c1-28-15-7-2-10(8-14(15)19)16-13(9-23)17(18(20,21)22)24-25(16)11-3-5-12(6-4-11)29(26)27/h2-8H,1H3,(H,26,27)/p-1. The Morgan fingerprint density at radius 1 is 1.21 bits per heavy atom. The summed E-state index contributed by atoms with van der Waals surface area (Å²) in [6.07, 6.45) is -4.94. The number of hydrogen-bond donors (Lipinski definition) is 0. The molecule has 150 valence electrons. The zero-order valence-corrected chi connectivity index (χ0v) is 15.3. The first kappa shape index (κ1) is 20.5. The average Bonchev–Trinajstić information content (AvgIpc) is 3.08. The molecule has 1 heterocycles. The first-order valence-corrected chi connectivity index (χ1v) is 8.88. The van der Waals surface area contributed by atoms with E-state index in [2.05, 4.69) is 5.10 Å². The number of ether oxygens (including phenoxy) is 1. The van der Waals surface area contributed by atoms with Gasteiger partial charge in [0.1, 0.15) is 11.6 Å². The van der Waals surface area contributed by atoms with Gasteiger partial charge in [0, 0.05) is 10.5 Å². The predicted octanol–water partition coefficient (Wildman–Crippen LogP) is 3.82. The van der Waals surface area contributed by atoms with Gasteiger partial charge in [0.2, 0.25) is 0 Å². The normalized spacial score (nSPS) is 12.4. The Hall–Kier alpha value is -3.23. The molecule has 0 amide bonds. The summed E-state index contributed by atoms with van der Waals surface area (Å²) in [6.45, 7) is 0. The number of aromatic nitrogens is 2. The van der Waals surface area contributed by atoms with Crippen LogP contribution >= 0.6 is 0 Å². The van der Waals surface area contributed by atoms with E-state index in [4.69, 9.17) is 4.74 Å². The van der Waals surface area contributed by atoms with Crippen LogP contribution in [0.3, 0.4) is 0 Å². The fraction of sp³-hybridized carbons (Fsp3) is 0.111. The van der Waals surface area contributed by atoms with Crippen LogP contribution in [-0.4, -0.2) is 25.7 Å². The third-order valence-electron chi connectivity index (χ3n) is 3.96. The Bertz CT molecular complexity index is 1130. The van der Waals surface area contributed by atoms with E-state index in [9.17, 15) is 31.6 Å². The summed E-state index contributed by atoms with van der Waals surface area (Å²) in [5.74, 6) is -0.969. The molecule has 0 aliphatic heterocycles. The van der Waals surface area contributed by atoms with Crippen molar-refractivity contribution in [1.82, 2.24) is 9.78 Å². The van der Waals surface area contributed by atoms with Gasteiger partial charge in [-0.25, -0.2) is 9.07 Å². The molecule has 0 aliphatic carbocycles. The molecule has 0 spiro atoms. The predicted molar refractivity (Wildman–Crippen MR) is 92.4 cm³/mol. The molecule has 0 saturated carbocycles. The molecule has 0 aliphatic rings. The Labute approximate surface area is 164 Å². The molecule has 1 aromatic heterocycles. The number of methoxy groups -OCH3 is 1. The second-order valence-electron chi connectivity index (χ2n) is 5.67. The highest BCUT2D eigenvalue weighted by atomic mass is 32.2. The second-order valence-corrected chi connectivity index (χ2v) is 6.61. The van der Waals surface area contributed by atoms with Crippen LogP contribution in [0.5, 0.6) is 5.75 Å². The topological polar surface area (TPSA) is 91.0 Å². The summed E-state index contributed by atoms with van der Waals surface area (Å²) in [4.78, 5) is -0.0884. The van der Waals surface area contributed by atoms with Gasteiger partial charge < -0.3 is 9.29 Å². The van der Waals surface area contributed by atoms with Crippen LogP contribution in [-0.2, 0) is 17.3 Å². The smallest absolute Gasteiger partial charge is 0.436 e. The molecule has 3 aromatic rings. The molecule has 0 fully saturated rings. The zero-order valence-electron chi connectivity index (χ0n) is 14.5. The Morgan fingerprint density at radius 2 is 1.86 bits per heavy atom. The van der Waals surface area contributed by atoms with Gasteiger partial charge in [-0.1, -0.05) is 0 Å². The molecule has 11 heteroatoms. The number of nitrogens with zero attached hydrogens (tertiary/aromatic N) is 3. The zero-order chi connectivity index (χ0) is 21.3. The first-order chi connectivity index (χ1) is 13.7. The summed E-state index contributed by atoms with van der Waals surface area (Å²) in [6, 6.07) is 9.68. The maximum absolute atomic E-state index is 14.2. The minimum Gasteiger partial charge on any atom is -0.768 e. The van der Waals surface area contributed by atoms with E-state index in [0.29, 0.717) is 0 Å². The van der Waals surface area contributed by atoms with Crippen LogP contribution in [0, 0.1) is 17.1 Å². The molecular formula is C18H10F4N3O3S-. The lowest BCUT2D eigenvalue weighted by Gasteiger charge is -2.11. The molecular weight excluding hydrogens is 414 g/mol. The van der Waals surface area contributed by atoms with E-state index in [0.717, 1.165) is 22.9 Å². The first-order valence-electron chi connectivity index (χ1n) is 7.81. The van der Waals surface area contributed by atoms with Crippen molar-refractivity contribution in [3.05, 3.63) is 59.5 Å². The van der Waals surface area contributed by atoms with E-state index in [1.807, 2.05) is 0 Å². The number of benzene rings is 2. The Balaban J connectivity index is 2.30. The summed E-state index contributed by atoms with van der Waals surface area (Å²) < 4.78 is 82.1. The highest BCUT2D eigenvalue weighted by Gasteiger charge is 2.40. The van der Waals surface area contributed by atoms with Gasteiger partial charge in [0.15, 0.2) is 17.3 Å². The van der Waals surface area contributed by atoms with Crippen LogP contribution in [0.15, 0.2) is 47.4 Å². The van der Waals surface area contributed by atoms with Crippen molar-refractivity contribution in [2.45, 2.75) is 11.1 Å². The van der Waals surface area contributed by atoms with Crippen molar-refractivity contribution < 1.29 is 31.1 Å².